The number of anilines is 3. The second kappa shape index (κ2) is 9.96. The van der Waals surface area contributed by atoms with Crippen molar-refractivity contribution in [1.82, 2.24) is 0 Å². The molecule has 170 valence electrons. The lowest BCUT2D eigenvalue weighted by molar-refractivity contribution is -0.117. The van der Waals surface area contributed by atoms with Gasteiger partial charge in [-0.05, 0) is 54.8 Å². The van der Waals surface area contributed by atoms with E-state index in [1.165, 1.54) is 0 Å². The fourth-order valence-electron chi connectivity index (χ4n) is 3.96. The minimum atomic E-state index is -0.674. The standard InChI is InChI=1S/C26H26ClN3O3/c1-17-10-13-23(33-2)21(15-17)29-26(32)25(18-7-4-3-5-8-18)28-19-11-12-22(20(27)16-19)30-14-6-9-24(30)31/h3-5,7-8,10-13,15-16,25,28H,6,9,14H2,1-2H3,(H,29,32). The molecule has 1 saturated heterocycles. The third-order valence-electron chi connectivity index (χ3n) is 5.63. The number of benzene rings is 3. The van der Waals surface area contributed by atoms with Gasteiger partial charge in [-0.3, -0.25) is 9.59 Å². The molecule has 0 bridgehead atoms. The average molecular weight is 464 g/mol. The van der Waals surface area contributed by atoms with Crippen LogP contribution in [-0.4, -0.2) is 25.5 Å². The Hall–Kier alpha value is -3.51. The highest BCUT2D eigenvalue weighted by atomic mass is 35.5. The molecule has 3 aromatic carbocycles. The topological polar surface area (TPSA) is 70.7 Å². The van der Waals surface area contributed by atoms with E-state index in [9.17, 15) is 9.59 Å². The number of ether oxygens (including phenoxy) is 1. The van der Waals surface area contributed by atoms with Gasteiger partial charge in [-0.25, -0.2) is 0 Å². The van der Waals surface area contributed by atoms with Gasteiger partial charge in [-0.15, -0.1) is 0 Å². The first-order chi connectivity index (χ1) is 16.0. The van der Waals surface area contributed by atoms with Crippen molar-refractivity contribution in [1.29, 1.82) is 0 Å². The third kappa shape index (κ3) is 5.12. The van der Waals surface area contributed by atoms with Crippen LogP contribution in [0.25, 0.3) is 0 Å². The lowest BCUT2D eigenvalue weighted by Crippen LogP contribution is -2.27. The molecule has 2 amide bonds. The van der Waals surface area contributed by atoms with E-state index < -0.39 is 6.04 Å². The summed E-state index contributed by atoms with van der Waals surface area (Å²) < 4.78 is 5.41. The molecule has 1 heterocycles. The molecular weight excluding hydrogens is 438 g/mol. The molecule has 7 heteroatoms. The summed E-state index contributed by atoms with van der Waals surface area (Å²) in [6.45, 7) is 2.62. The summed E-state index contributed by atoms with van der Waals surface area (Å²) in [6, 6.07) is 19.8. The largest absolute Gasteiger partial charge is 0.495 e. The van der Waals surface area contributed by atoms with Crippen LogP contribution >= 0.6 is 11.6 Å². The van der Waals surface area contributed by atoms with Crippen LogP contribution in [0.5, 0.6) is 5.75 Å². The number of methoxy groups -OCH3 is 1. The molecule has 1 aliphatic heterocycles. The summed E-state index contributed by atoms with van der Waals surface area (Å²) in [5.41, 5.74) is 3.78. The molecule has 1 atom stereocenters. The van der Waals surface area contributed by atoms with Gasteiger partial charge >= 0.3 is 0 Å². The summed E-state index contributed by atoms with van der Waals surface area (Å²) >= 11 is 6.52. The number of halogens is 1. The molecule has 0 aromatic heterocycles. The fraction of sp³-hybridized carbons (Fsp3) is 0.231. The monoisotopic (exact) mass is 463 g/mol. The number of rotatable bonds is 7. The molecular formula is C26H26ClN3O3. The lowest BCUT2D eigenvalue weighted by Gasteiger charge is -2.22. The maximum absolute atomic E-state index is 13.4. The Kier molecular flexibility index (Phi) is 6.84. The minimum absolute atomic E-state index is 0.0752. The van der Waals surface area contributed by atoms with Crippen molar-refractivity contribution in [2.24, 2.45) is 0 Å². The van der Waals surface area contributed by atoms with Gasteiger partial charge in [0.2, 0.25) is 5.91 Å². The molecule has 0 spiro atoms. The highest BCUT2D eigenvalue weighted by Crippen LogP contribution is 2.33. The first-order valence-corrected chi connectivity index (χ1v) is 11.2. The number of hydrogen-bond acceptors (Lipinski definition) is 4. The molecule has 33 heavy (non-hydrogen) atoms. The van der Waals surface area contributed by atoms with Crippen LogP contribution in [0, 0.1) is 6.92 Å². The zero-order chi connectivity index (χ0) is 23.4. The van der Waals surface area contributed by atoms with Crippen LogP contribution in [-0.2, 0) is 9.59 Å². The summed E-state index contributed by atoms with van der Waals surface area (Å²) in [7, 11) is 1.57. The van der Waals surface area contributed by atoms with E-state index in [4.69, 9.17) is 16.3 Å². The second-order valence-electron chi connectivity index (χ2n) is 8.00. The van der Waals surface area contributed by atoms with E-state index in [0.717, 1.165) is 17.5 Å². The summed E-state index contributed by atoms with van der Waals surface area (Å²) in [6.07, 6.45) is 1.36. The summed E-state index contributed by atoms with van der Waals surface area (Å²) in [5, 5.41) is 6.74. The van der Waals surface area contributed by atoms with Crippen molar-refractivity contribution in [3.63, 3.8) is 0 Å². The number of carbonyl (C=O) groups excluding carboxylic acids is 2. The lowest BCUT2D eigenvalue weighted by atomic mass is 10.0. The van der Waals surface area contributed by atoms with E-state index in [2.05, 4.69) is 10.6 Å². The Bertz CT molecular complexity index is 1170. The Labute approximate surface area is 198 Å². The first-order valence-electron chi connectivity index (χ1n) is 10.8. The van der Waals surface area contributed by atoms with Gasteiger partial charge in [0, 0.05) is 18.7 Å². The molecule has 0 aliphatic carbocycles. The molecule has 0 saturated carbocycles. The van der Waals surface area contributed by atoms with E-state index in [1.807, 2.05) is 67.6 Å². The molecule has 0 radical (unpaired) electrons. The Morgan fingerprint density at radius 1 is 1.09 bits per heavy atom. The SMILES string of the molecule is COc1ccc(C)cc1NC(=O)C(Nc1ccc(N2CCCC2=O)c(Cl)c1)c1ccccc1. The van der Waals surface area contributed by atoms with Gasteiger partial charge < -0.3 is 20.3 Å². The summed E-state index contributed by atoms with van der Waals surface area (Å²) in [5.74, 6) is 0.426. The molecule has 4 rings (SSSR count). The van der Waals surface area contributed by atoms with E-state index in [-0.39, 0.29) is 11.8 Å². The number of carbonyl (C=O) groups is 2. The van der Waals surface area contributed by atoms with Crippen molar-refractivity contribution >= 4 is 40.5 Å². The number of nitrogens with one attached hydrogen (secondary N) is 2. The number of hydrogen-bond donors (Lipinski definition) is 2. The van der Waals surface area contributed by atoms with Gasteiger partial charge in [0.25, 0.3) is 5.91 Å². The van der Waals surface area contributed by atoms with Gasteiger partial charge in [0.15, 0.2) is 0 Å². The van der Waals surface area contributed by atoms with E-state index >= 15 is 0 Å². The minimum Gasteiger partial charge on any atom is -0.495 e. The van der Waals surface area contributed by atoms with Gasteiger partial charge in [-0.1, -0.05) is 48.0 Å². The van der Waals surface area contributed by atoms with Crippen molar-refractivity contribution in [3.05, 3.63) is 82.9 Å². The third-order valence-corrected chi connectivity index (χ3v) is 5.93. The normalized spacial score (nSPS) is 14.2. The van der Waals surface area contributed by atoms with Gasteiger partial charge in [-0.2, -0.15) is 0 Å². The number of aryl methyl sites for hydroxylation is 1. The fourth-order valence-corrected chi connectivity index (χ4v) is 4.24. The first kappa shape index (κ1) is 22.7. The quantitative estimate of drug-likeness (QED) is 0.480. The van der Waals surface area contributed by atoms with Crippen LogP contribution < -0.4 is 20.3 Å². The van der Waals surface area contributed by atoms with Crippen LogP contribution in [0.3, 0.4) is 0 Å². The number of nitrogens with zero attached hydrogens (tertiary/aromatic N) is 1. The molecule has 2 N–H and O–H groups in total. The van der Waals surface area contributed by atoms with Crippen molar-refractivity contribution < 1.29 is 14.3 Å². The van der Waals surface area contributed by atoms with Crippen molar-refractivity contribution in [2.75, 3.05) is 29.2 Å². The van der Waals surface area contributed by atoms with Crippen LogP contribution in [0.2, 0.25) is 5.02 Å². The second-order valence-corrected chi connectivity index (χ2v) is 8.40. The molecule has 3 aromatic rings. The smallest absolute Gasteiger partial charge is 0.251 e. The van der Waals surface area contributed by atoms with Crippen molar-refractivity contribution in [3.8, 4) is 5.75 Å². The molecule has 1 unspecified atom stereocenters. The Morgan fingerprint density at radius 3 is 2.55 bits per heavy atom. The Balaban J connectivity index is 1.61. The average Bonchev–Trinajstić information content (AvgIpc) is 3.23. The van der Waals surface area contributed by atoms with Crippen LogP contribution in [0.4, 0.5) is 17.1 Å². The van der Waals surface area contributed by atoms with Crippen molar-refractivity contribution in [2.45, 2.75) is 25.8 Å². The highest BCUT2D eigenvalue weighted by molar-refractivity contribution is 6.34. The molecule has 6 nitrogen and oxygen atoms in total. The van der Waals surface area contributed by atoms with Crippen LogP contribution in [0.15, 0.2) is 66.7 Å². The van der Waals surface area contributed by atoms with E-state index in [1.54, 1.807) is 18.1 Å². The molecule has 1 aliphatic rings. The zero-order valence-corrected chi connectivity index (χ0v) is 19.4. The molecule has 1 fully saturated rings. The maximum atomic E-state index is 13.4. The van der Waals surface area contributed by atoms with Crippen LogP contribution in [0.1, 0.15) is 30.0 Å². The van der Waals surface area contributed by atoms with E-state index in [0.29, 0.717) is 40.8 Å². The Morgan fingerprint density at radius 2 is 1.88 bits per heavy atom. The predicted molar refractivity (Wildman–Crippen MR) is 132 cm³/mol. The highest BCUT2D eigenvalue weighted by Gasteiger charge is 2.25. The van der Waals surface area contributed by atoms with Gasteiger partial charge in [0.05, 0.1) is 23.5 Å². The maximum Gasteiger partial charge on any atom is 0.251 e. The van der Waals surface area contributed by atoms with Gasteiger partial charge in [0.1, 0.15) is 11.8 Å². The summed E-state index contributed by atoms with van der Waals surface area (Å²) in [4.78, 5) is 27.2. The predicted octanol–water partition coefficient (Wildman–Crippen LogP) is 5.58. The zero-order valence-electron chi connectivity index (χ0n) is 18.6. The number of amides is 2.